The van der Waals surface area contributed by atoms with Crippen LogP contribution >= 0.6 is 24.0 Å². The molecule has 1 aliphatic rings. The Morgan fingerprint density at radius 2 is 2.24 bits per heavy atom. The van der Waals surface area contributed by atoms with Crippen molar-refractivity contribution in [3.8, 4) is 0 Å². The predicted octanol–water partition coefficient (Wildman–Crippen LogP) is 3.83. The molecule has 1 fully saturated rings. The number of aromatic amines is 1. The van der Waals surface area contributed by atoms with Gasteiger partial charge in [0.1, 0.15) is 0 Å². The van der Waals surface area contributed by atoms with Crippen LogP contribution in [0.1, 0.15) is 36.0 Å². The molecule has 0 saturated carbocycles. The molecule has 4 rings (SSSR count). The molecule has 1 aromatic carbocycles. The van der Waals surface area contributed by atoms with Crippen LogP contribution in [0, 0.1) is 6.92 Å². The van der Waals surface area contributed by atoms with Gasteiger partial charge in [-0.05, 0) is 43.4 Å². The number of aliphatic imine (C=N–C) groups is 1. The summed E-state index contributed by atoms with van der Waals surface area (Å²) < 4.78 is 1.89. The molecule has 0 aliphatic carbocycles. The molecular formula is C22H31IN6. The van der Waals surface area contributed by atoms with Gasteiger partial charge in [-0.3, -0.25) is 9.67 Å². The zero-order chi connectivity index (χ0) is 19.5. The zero-order valence-corrected chi connectivity index (χ0v) is 19.8. The van der Waals surface area contributed by atoms with E-state index in [0.717, 1.165) is 45.0 Å². The number of guanidine groups is 1. The second-order valence-electron chi connectivity index (χ2n) is 7.68. The summed E-state index contributed by atoms with van der Waals surface area (Å²) >= 11 is 0. The Morgan fingerprint density at radius 1 is 1.38 bits per heavy atom. The fourth-order valence-corrected chi connectivity index (χ4v) is 4.15. The number of halogens is 1. The molecule has 7 heteroatoms. The minimum Gasteiger partial charge on any atom is -0.361 e. The maximum atomic E-state index is 4.93. The van der Waals surface area contributed by atoms with Crippen molar-refractivity contribution >= 4 is 40.8 Å². The van der Waals surface area contributed by atoms with Crippen molar-refractivity contribution in [2.45, 2.75) is 32.6 Å². The van der Waals surface area contributed by atoms with E-state index in [-0.39, 0.29) is 24.0 Å². The van der Waals surface area contributed by atoms with Gasteiger partial charge in [0.05, 0.1) is 6.20 Å². The van der Waals surface area contributed by atoms with Gasteiger partial charge in [0, 0.05) is 62.4 Å². The molecule has 3 aromatic rings. The largest absolute Gasteiger partial charge is 0.361 e. The second-order valence-corrected chi connectivity index (χ2v) is 7.68. The lowest BCUT2D eigenvalue weighted by Gasteiger charge is -2.21. The van der Waals surface area contributed by atoms with E-state index < -0.39 is 0 Å². The lowest BCUT2D eigenvalue weighted by molar-refractivity contribution is 0.486. The first-order valence-corrected chi connectivity index (χ1v) is 10.2. The number of benzene rings is 1. The van der Waals surface area contributed by atoms with Crippen molar-refractivity contribution in [1.82, 2.24) is 25.0 Å². The number of nitrogens with one attached hydrogen (secondary N) is 2. The summed E-state index contributed by atoms with van der Waals surface area (Å²) in [5.74, 6) is 1.57. The van der Waals surface area contributed by atoms with Crippen LogP contribution in [-0.4, -0.2) is 51.8 Å². The third kappa shape index (κ3) is 4.76. The van der Waals surface area contributed by atoms with Crippen LogP contribution in [0.5, 0.6) is 0 Å². The molecule has 1 unspecified atom stereocenters. The molecule has 1 aliphatic heterocycles. The number of aryl methyl sites for hydroxylation is 2. The van der Waals surface area contributed by atoms with E-state index in [0.29, 0.717) is 5.92 Å². The van der Waals surface area contributed by atoms with E-state index >= 15 is 0 Å². The maximum absolute atomic E-state index is 4.93. The van der Waals surface area contributed by atoms with Crippen molar-refractivity contribution in [2.75, 3.05) is 26.2 Å². The molecule has 3 heterocycles. The van der Waals surface area contributed by atoms with Gasteiger partial charge in [0.15, 0.2) is 5.96 Å². The SMILES string of the molecule is CCNC(=NCCc1c[nH]c2c(C)cccc12)N1CCC(c2cnn(C)c2)C1.I. The Kier molecular flexibility index (Phi) is 7.21. The Bertz CT molecular complexity index is 973. The number of likely N-dealkylation sites (tertiary alicyclic amines) is 1. The lowest BCUT2D eigenvalue weighted by Crippen LogP contribution is -2.40. The number of hydrogen-bond donors (Lipinski definition) is 2. The number of nitrogens with zero attached hydrogens (tertiary/aromatic N) is 4. The van der Waals surface area contributed by atoms with E-state index in [9.17, 15) is 0 Å². The number of rotatable bonds is 5. The zero-order valence-electron chi connectivity index (χ0n) is 17.5. The molecule has 1 atom stereocenters. The van der Waals surface area contributed by atoms with Gasteiger partial charge < -0.3 is 15.2 Å². The molecule has 2 aromatic heterocycles. The molecule has 0 amide bonds. The fraction of sp³-hybridized carbons (Fsp3) is 0.455. The molecule has 1 saturated heterocycles. The minimum absolute atomic E-state index is 0. The van der Waals surface area contributed by atoms with Crippen LogP contribution in [0.15, 0.2) is 41.8 Å². The second kappa shape index (κ2) is 9.65. The summed E-state index contributed by atoms with van der Waals surface area (Å²) in [7, 11) is 1.98. The van der Waals surface area contributed by atoms with E-state index in [1.54, 1.807) is 0 Å². The van der Waals surface area contributed by atoms with Crippen LogP contribution in [0.3, 0.4) is 0 Å². The molecular weight excluding hydrogens is 475 g/mol. The van der Waals surface area contributed by atoms with Gasteiger partial charge in [-0.25, -0.2) is 0 Å². The number of hydrogen-bond acceptors (Lipinski definition) is 2. The number of fused-ring (bicyclic) bond motifs is 1. The predicted molar refractivity (Wildman–Crippen MR) is 130 cm³/mol. The monoisotopic (exact) mass is 506 g/mol. The fourth-order valence-electron chi connectivity index (χ4n) is 4.15. The van der Waals surface area contributed by atoms with Crippen LogP contribution in [0.2, 0.25) is 0 Å². The third-order valence-corrected chi connectivity index (χ3v) is 5.67. The van der Waals surface area contributed by atoms with Gasteiger partial charge in [0.2, 0.25) is 0 Å². The van der Waals surface area contributed by atoms with Crippen molar-refractivity contribution in [3.63, 3.8) is 0 Å². The van der Waals surface area contributed by atoms with Crippen LogP contribution < -0.4 is 5.32 Å². The van der Waals surface area contributed by atoms with Gasteiger partial charge in [-0.1, -0.05) is 18.2 Å². The maximum Gasteiger partial charge on any atom is 0.193 e. The Labute approximate surface area is 189 Å². The van der Waals surface area contributed by atoms with Crippen molar-refractivity contribution in [2.24, 2.45) is 12.0 Å². The van der Waals surface area contributed by atoms with E-state index in [2.05, 4.69) is 64.7 Å². The van der Waals surface area contributed by atoms with Gasteiger partial charge in [-0.2, -0.15) is 5.10 Å². The van der Waals surface area contributed by atoms with Crippen LogP contribution in [0.25, 0.3) is 10.9 Å². The normalized spacial score (nSPS) is 17.0. The molecule has 2 N–H and O–H groups in total. The summed E-state index contributed by atoms with van der Waals surface area (Å²) in [6, 6.07) is 6.48. The van der Waals surface area contributed by atoms with Crippen molar-refractivity contribution in [3.05, 3.63) is 53.5 Å². The number of H-pyrrole nitrogens is 1. The quantitative estimate of drug-likeness (QED) is 0.314. The molecule has 6 nitrogen and oxygen atoms in total. The number of para-hydroxylation sites is 1. The third-order valence-electron chi connectivity index (χ3n) is 5.67. The van der Waals surface area contributed by atoms with Crippen LogP contribution in [-0.2, 0) is 13.5 Å². The molecule has 0 radical (unpaired) electrons. The first-order chi connectivity index (χ1) is 13.7. The summed E-state index contributed by atoms with van der Waals surface area (Å²) in [6.45, 7) is 8.00. The minimum atomic E-state index is 0. The van der Waals surface area contributed by atoms with E-state index in [1.165, 1.54) is 27.6 Å². The first-order valence-electron chi connectivity index (χ1n) is 10.2. The Hall–Kier alpha value is -2.03. The highest BCUT2D eigenvalue weighted by atomic mass is 127. The van der Waals surface area contributed by atoms with E-state index in [4.69, 9.17) is 4.99 Å². The van der Waals surface area contributed by atoms with Gasteiger partial charge >= 0.3 is 0 Å². The van der Waals surface area contributed by atoms with Crippen molar-refractivity contribution < 1.29 is 0 Å². The molecule has 0 spiro atoms. The molecule has 156 valence electrons. The highest BCUT2D eigenvalue weighted by molar-refractivity contribution is 14.0. The highest BCUT2D eigenvalue weighted by Gasteiger charge is 2.26. The summed E-state index contributed by atoms with van der Waals surface area (Å²) in [4.78, 5) is 10.7. The molecule has 0 bridgehead atoms. The highest BCUT2D eigenvalue weighted by Crippen LogP contribution is 2.27. The topological polar surface area (TPSA) is 61.2 Å². The van der Waals surface area contributed by atoms with E-state index in [1.807, 2.05) is 17.9 Å². The summed E-state index contributed by atoms with van der Waals surface area (Å²) in [5, 5.41) is 9.12. The van der Waals surface area contributed by atoms with Gasteiger partial charge in [-0.15, -0.1) is 24.0 Å². The number of aromatic nitrogens is 3. The van der Waals surface area contributed by atoms with Gasteiger partial charge in [0.25, 0.3) is 0 Å². The van der Waals surface area contributed by atoms with Crippen molar-refractivity contribution in [1.29, 1.82) is 0 Å². The Balaban J connectivity index is 0.00000240. The standard InChI is InChI=1S/C22H30N6.HI/c1-4-23-22(28-11-9-18(15-28)19-13-26-27(3)14-19)24-10-8-17-12-25-21-16(2)6-5-7-20(17)21;/h5-7,12-14,18,25H,4,8-11,15H2,1-3H3,(H,23,24);1H. The lowest BCUT2D eigenvalue weighted by atomic mass is 10.0. The summed E-state index contributed by atoms with van der Waals surface area (Å²) in [5.41, 5.74) is 5.20. The Morgan fingerprint density at radius 3 is 3.00 bits per heavy atom. The average Bonchev–Trinajstić information content (AvgIpc) is 3.41. The smallest absolute Gasteiger partial charge is 0.193 e. The summed E-state index contributed by atoms with van der Waals surface area (Å²) in [6.07, 6.45) is 8.36. The van der Waals surface area contributed by atoms with Crippen LogP contribution in [0.4, 0.5) is 0 Å². The first kappa shape index (κ1) is 21.7. The molecule has 29 heavy (non-hydrogen) atoms. The average molecular weight is 506 g/mol.